The fourth-order valence-corrected chi connectivity index (χ4v) is 3.73. The quantitative estimate of drug-likeness (QED) is 0.714. The maximum absolute atomic E-state index is 13.0. The smallest absolute Gasteiger partial charge is 0.230 e. The molecule has 0 radical (unpaired) electrons. The first-order chi connectivity index (χ1) is 14.0. The van der Waals surface area contributed by atoms with Crippen molar-refractivity contribution in [2.75, 3.05) is 19.6 Å². The van der Waals surface area contributed by atoms with E-state index in [2.05, 4.69) is 10.1 Å². The number of carbonyl (C=O) groups is 3. The molecule has 0 saturated carbocycles. The van der Waals surface area contributed by atoms with E-state index in [9.17, 15) is 18.8 Å². The van der Waals surface area contributed by atoms with Crippen molar-refractivity contribution in [3.05, 3.63) is 36.0 Å². The fraction of sp³-hybridized carbons (Fsp3) is 0.450. The number of piperidine rings is 1. The first-order valence-corrected chi connectivity index (χ1v) is 9.72. The lowest BCUT2D eigenvalue weighted by Gasteiger charge is -2.30. The summed E-state index contributed by atoms with van der Waals surface area (Å²) in [4.78, 5) is 43.0. The third-order valence-electron chi connectivity index (χ3n) is 5.45. The molecule has 3 amide bonds. The van der Waals surface area contributed by atoms with Crippen LogP contribution in [0.3, 0.4) is 0 Å². The van der Waals surface area contributed by atoms with Crippen LogP contribution in [-0.4, -0.2) is 57.3 Å². The molecular weight excluding hydrogens is 379 g/mol. The lowest BCUT2D eigenvalue weighted by Crippen LogP contribution is -2.40. The minimum absolute atomic E-state index is 0.0579. The zero-order chi connectivity index (χ0) is 20.4. The van der Waals surface area contributed by atoms with E-state index in [1.54, 1.807) is 17.0 Å². The van der Waals surface area contributed by atoms with E-state index < -0.39 is 0 Å². The maximum Gasteiger partial charge on any atom is 0.230 e. The summed E-state index contributed by atoms with van der Waals surface area (Å²) in [5.74, 6) is 0.205. The number of halogens is 1. The van der Waals surface area contributed by atoms with Gasteiger partial charge in [0.05, 0.1) is 0 Å². The third-order valence-corrected chi connectivity index (χ3v) is 5.45. The fourth-order valence-electron chi connectivity index (χ4n) is 3.73. The Morgan fingerprint density at radius 1 is 1.10 bits per heavy atom. The van der Waals surface area contributed by atoms with Gasteiger partial charge >= 0.3 is 0 Å². The standard InChI is InChI=1S/C20H21FN4O4/c21-15-3-1-13(2-4-15)19-22-20(29-23-19)14-7-10-24(11-8-14)16(26)9-12-25-17(27)5-6-18(25)28/h1-4,14H,5-12H2. The number of hydrogen-bond donors (Lipinski definition) is 0. The van der Waals surface area contributed by atoms with Crippen molar-refractivity contribution in [3.8, 4) is 11.4 Å². The summed E-state index contributed by atoms with van der Waals surface area (Å²) in [7, 11) is 0. The van der Waals surface area contributed by atoms with Gasteiger partial charge in [-0.25, -0.2) is 4.39 Å². The van der Waals surface area contributed by atoms with E-state index in [0.717, 1.165) is 0 Å². The molecule has 8 nitrogen and oxygen atoms in total. The first-order valence-electron chi connectivity index (χ1n) is 9.72. The van der Waals surface area contributed by atoms with E-state index in [0.29, 0.717) is 43.2 Å². The molecule has 152 valence electrons. The van der Waals surface area contributed by atoms with Crippen molar-refractivity contribution >= 4 is 17.7 Å². The second kappa shape index (κ2) is 8.10. The van der Waals surface area contributed by atoms with Crippen molar-refractivity contribution in [1.82, 2.24) is 19.9 Å². The minimum Gasteiger partial charge on any atom is -0.343 e. The summed E-state index contributed by atoms with van der Waals surface area (Å²) in [6, 6.07) is 5.89. The van der Waals surface area contributed by atoms with Gasteiger partial charge in [-0.2, -0.15) is 4.98 Å². The Morgan fingerprint density at radius 3 is 2.41 bits per heavy atom. The highest BCUT2D eigenvalue weighted by molar-refractivity contribution is 6.02. The maximum atomic E-state index is 13.0. The van der Waals surface area contributed by atoms with Gasteiger partial charge in [0.1, 0.15) is 5.82 Å². The highest BCUT2D eigenvalue weighted by Crippen LogP contribution is 2.29. The molecule has 2 aromatic rings. The molecule has 3 heterocycles. The van der Waals surface area contributed by atoms with Crippen LogP contribution in [0, 0.1) is 5.82 Å². The van der Waals surface area contributed by atoms with Gasteiger partial charge in [-0.3, -0.25) is 19.3 Å². The Morgan fingerprint density at radius 2 is 1.76 bits per heavy atom. The molecule has 0 bridgehead atoms. The van der Waals surface area contributed by atoms with E-state index in [4.69, 9.17) is 4.52 Å². The third kappa shape index (κ3) is 4.18. The summed E-state index contributed by atoms with van der Waals surface area (Å²) < 4.78 is 18.4. The van der Waals surface area contributed by atoms with Crippen LogP contribution >= 0.6 is 0 Å². The van der Waals surface area contributed by atoms with Crippen molar-refractivity contribution in [2.24, 2.45) is 0 Å². The monoisotopic (exact) mass is 400 g/mol. The highest BCUT2D eigenvalue weighted by Gasteiger charge is 2.31. The van der Waals surface area contributed by atoms with Crippen LogP contribution in [0.4, 0.5) is 4.39 Å². The molecular formula is C20H21FN4O4. The van der Waals surface area contributed by atoms with E-state index >= 15 is 0 Å². The molecule has 0 N–H and O–H groups in total. The Bertz CT molecular complexity index is 903. The first kappa shape index (κ1) is 19.2. The summed E-state index contributed by atoms with van der Waals surface area (Å²) in [6.45, 7) is 1.26. The molecule has 2 aliphatic rings. The molecule has 0 spiro atoms. The van der Waals surface area contributed by atoms with Gasteiger partial charge in [0.25, 0.3) is 0 Å². The molecule has 9 heteroatoms. The van der Waals surface area contributed by atoms with Crippen LogP contribution in [0.2, 0.25) is 0 Å². The number of amides is 3. The number of aromatic nitrogens is 2. The van der Waals surface area contributed by atoms with Gasteiger partial charge < -0.3 is 9.42 Å². The minimum atomic E-state index is -0.326. The van der Waals surface area contributed by atoms with Gasteiger partial charge in [0.15, 0.2) is 0 Å². The SMILES string of the molecule is O=C(CCN1C(=O)CCC1=O)N1CCC(c2nc(-c3ccc(F)cc3)no2)CC1. The van der Waals surface area contributed by atoms with Crippen molar-refractivity contribution in [1.29, 1.82) is 0 Å². The second-order valence-corrected chi connectivity index (χ2v) is 7.31. The number of imide groups is 1. The number of hydrogen-bond acceptors (Lipinski definition) is 6. The topological polar surface area (TPSA) is 96.6 Å². The number of benzene rings is 1. The molecule has 2 saturated heterocycles. The second-order valence-electron chi connectivity index (χ2n) is 7.31. The Labute approximate surface area is 166 Å². The average Bonchev–Trinajstić information content (AvgIpc) is 3.34. The normalized spacial score (nSPS) is 18.0. The number of rotatable bonds is 5. The summed E-state index contributed by atoms with van der Waals surface area (Å²) in [5.41, 5.74) is 0.681. The van der Waals surface area contributed by atoms with Crippen molar-refractivity contribution in [2.45, 2.75) is 38.0 Å². The van der Waals surface area contributed by atoms with Gasteiger partial charge in [-0.05, 0) is 37.1 Å². The van der Waals surface area contributed by atoms with Gasteiger partial charge in [-0.1, -0.05) is 5.16 Å². The van der Waals surface area contributed by atoms with Crippen molar-refractivity contribution < 1.29 is 23.3 Å². The zero-order valence-corrected chi connectivity index (χ0v) is 15.8. The molecule has 0 aliphatic carbocycles. The predicted molar refractivity (Wildman–Crippen MR) is 98.8 cm³/mol. The number of carbonyl (C=O) groups excluding carboxylic acids is 3. The van der Waals surface area contributed by atoms with Crippen LogP contribution in [0.5, 0.6) is 0 Å². The summed E-state index contributed by atoms with van der Waals surface area (Å²) in [6.07, 6.45) is 2.01. The van der Waals surface area contributed by atoms with Crippen LogP contribution in [0.25, 0.3) is 11.4 Å². The molecule has 1 aromatic heterocycles. The molecule has 0 atom stereocenters. The largest absolute Gasteiger partial charge is 0.343 e. The van der Waals surface area contributed by atoms with E-state index in [1.165, 1.54) is 17.0 Å². The van der Waals surface area contributed by atoms with Crippen LogP contribution in [0.1, 0.15) is 43.9 Å². The van der Waals surface area contributed by atoms with Crippen molar-refractivity contribution in [3.63, 3.8) is 0 Å². The van der Waals surface area contributed by atoms with Crippen LogP contribution in [0.15, 0.2) is 28.8 Å². The molecule has 29 heavy (non-hydrogen) atoms. The molecule has 4 rings (SSSR count). The highest BCUT2D eigenvalue weighted by atomic mass is 19.1. The number of likely N-dealkylation sites (tertiary alicyclic amines) is 2. The molecule has 2 fully saturated rings. The Kier molecular flexibility index (Phi) is 5.37. The predicted octanol–water partition coefficient (Wildman–Crippen LogP) is 2.12. The zero-order valence-electron chi connectivity index (χ0n) is 15.8. The van der Waals surface area contributed by atoms with E-state index in [1.807, 2.05) is 0 Å². The number of nitrogens with zero attached hydrogens (tertiary/aromatic N) is 4. The van der Waals surface area contributed by atoms with Gasteiger partial charge in [0, 0.05) is 50.4 Å². The van der Waals surface area contributed by atoms with Crippen LogP contribution < -0.4 is 0 Å². The average molecular weight is 400 g/mol. The Balaban J connectivity index is 1.29. The molecule has 2 aliphatic heterocycles. The lowest BCUT2D eigenvalue weighted by molar-refractivity contribution is -0.139. The summed E-state index contributed by atoms with van der Waals surface area (Å²) >= 11 is 0. The van der Waals surface area contributed by atoms with Gasteiger partial charge in [0.2, 0.25) is 29.4 Å². The Hall–Kier alpha value is -3.10. The van der Waals surface area contributed by atoms with Crippen LogP contribution in [-0.2, 0) is 14.4 Å². The van der Waals surface area contributed by atoms with Gasteiger partial charge in [-0.15, -0.1) is 0 Å². The summed E-state index contributed by atoms with van der Waals surface area (Å²) in [5, 5.41) is 3.97. The van der Waals surface area contributed by atoms with E-state index in [-0.39, 0.29) is 55.3 Å². The lowest BCUT2D eigenvalue weighted by atomic mass is 9.96. The molecule has 0 unspecified atom stereocenters. The molecule has 1 aromatic carbocycles.